The number of anilines is 1. The topological polar surface area (TPSA) is 42.0 Å². The molecule has 0 bridgehead atoms. The molecule has 0 fully saturated rings. The molecule has 1 N–H and O–H groups in total. The van der Waals surface area contributed by atoms with Crippen LogP contribution in [-0.4, -0.2) is 10.9 Å². The summed E-state index contributed by atoms with van der Waals surface area (Å²) in [6.45, 7) is 2.89. The van der Waals surface area contributed by atoms with Crippen molar-refractivity contribution in [2.24, 2.45) is 0 Å². The Labute approximate surface area is 122 Å². The van der Waals surface area contributed by atoms with Crippen molar-refractivity contribution in [2.75, 3.05) is 5.32 Å². The van der Waals surface area contributed by atoms with Crippen LogP contribution in [0.15, 0.2) is 36.8 Å². The van der Waals surface area contributed by atoms with Gasteiger partial charge in [0.25, 0.3) is 5.91 Å². The van der Waals surface area contributed by atoms with Crippen LogP contribution in [0.5, 0.6) is 0 Å². The highest BCUT2D eigenvalue weighted by molar-refractivity contribution is 7.15. The van der Waals surface area contributed by atoms with Crippen molar-refractivity contribution < 1.29 is 13.6 Å². The van der Waals surface area contributed by atoms with Gasteiger partial charge in [0.1, 0.15) is 5.82 Å². The van der Waals surface area contributed by atoms with Crippen molar-refractivity contribution in [2.45, 2.75) is 6.42 Å². The fourth-order valence-electron chi connectivity index (χ4n) is 1.46. The van der Waals surface area contributed by atoms with Crippen molar-refractivity contribution in [3.05, 3.63) is 58.1 Å². The van der Waals surface area contributed by atoms with Crippen LogP contribution in [0.25, 0.3) is 0 Å². The van der Waals surface area contributed by atoms with E-state index in [1.165, 1.54) is 23.5 Å². The van der Waals surface area contributed by atoms with Gasteiger partial charge in [0.2, 0.25) is 0 Å². The third-order valence-electron chi connectivity index (χ3n) is 2.38. The molecule has 2 aromatic rings. The van der Waals surface area contributed by atoms with Crippen molar-refractivity contribution in [3.8, 4) is 0 Å². The molecule has 0 spiro atoms. The molecular formula is C13H9ClF2N2OS. The van der Waals surface area contributed by atoms with E-state index in [0.29, 0.717) is 6.42 Å². The molecule has 0 saturated heterocycles. The molecule has 0 aliphatic carbocycles. The van der Waals surface area contributed by atoms with Gasteiger partial charge in [0.15, 0.2) is 11.0 Å². The average molecular weight is 315 g/mol. The van der Waals surface area contributed by atoms with Crippen LogP contribution in [-0.2, 0) is 11.2 Å². The number of aromatic nitrogens is 1. The summed E-state index contributed by atoms with van der Waals surface area (Å²) >= 11 is 6.89. The van der Waals surface area contributed by atoms with Crippen LogP contribution in [0.4, 0.5) is 13.9 Å². The summed E-state index contributed by atoms with van der Waals surface area (Å²) in [5.74, 6) is -2.48. The van der Waals surface area contributed by atoms with Crippen LogP contribution in [0.2, 0.25) is 5.02 Å². The lowest BCUT2D eigenvalue weighted by Gasteiger charge is -2.00. The lowest BCUT2D eigenvalue weighted by molar-refractivity contribution is -0.114. The molecule has 104 valence electrons. The molecule has 20 heavy (non-hydrogen) atoms. The highest BCUT2D eigenvalue weighted by Crippen LogP contribution is 2.23. The van der Waals surface area contributed by atoms with Gasteiger partial charge in [-0.15, -0.1) is 11.3 Å². The van der Waals surface area contributed by atoms with Gasteiger partial charge >= 0.3 is 0 Å². The quantitative estimate of drug-likeness (QED) is 0.868. The third kappa shape index (κ3) is 3.61. The van der Waals surface area contributed by atoms with E-state index in [1.54, 1.807) is 12.3 Å². The second-order valence-electron chi connectivity index (χ2n) is 3.92. The maximum Gasteiger partial charge on any atom is 0.285 e. The van der Waals surface area contributed by atoms with Gasteiger partial charge in [-0.3, -0.25) is 10.1 Å². The lowest BCUT2D eigenvalue weighted by Crippen LogP contribution is -2.10. The van der Waals surface area contributed by atoms with Gasteiger partial charge in [-0.25, -0.2) is 13.8 Å². The molecular weight excluding hydrogens is 306 g/mol. The van der Waals surface area contributed by atoms with E-state index >= 15 is 0 Å². The Morgan fingerprint density at radius 1 is 1.50 bits per heavy atom. The van der Waals surface area contributed by atoms with E-state index < -0.39 is 17.6 Å². The number of amides is 1. The van der Waals surface area contributed by atoms with Crippen molar-refractivity contribution >= 4 is 34.0 Å². The first-order valence-corrected chi connectivity index (χ1v) is 6.69. The molecule has 1 heterocycles. The Kier molecular flexibility index (Phi) is 4.46. The summed E-state index contributed by atoms with van der Waals surface area (Å²) < 4.78 is 25.6. The van der Waals surface area contributed by atoms with Crippen LogP contribution in [0.1, 0.15) is 10.4 Å². The molecule has 0 atom stereocenters. The largest absolute Gasteiger partial charge is 0.296 e. The molecule has 0 saturated carbocycles. The van der Waals surface area contributed by atoms with Gasteiger partial charge in [0, 0.05) is 17.5 Å². The fourth-order valence-corrected chi connectivity index (χ4v) is 2.51. The van der Waals surface area contributed by atoms with E-state index in [9.17, 15) is 13.6 Å². The Morgan fingerprint density at radius 2 is 2.25 bits per heavy atom. The summed E-state index contributed by atoms with van der Waals surface area (Å²) in [7, 11) is 0. The second-order valence-corrected chi connectivity index (χ2v) is 5.44. The highest BCUT2D eigenvalue weighted by atomic mass is 35.5. The number of carbonyl (C=O) groups excluding carboxylic acids is 1. The van der Waals surface area contributed by atoms with Gasteiger partial charge in [-0.1, -0.05) is 24.2 Å². The van der Waals surface area contributed by atoms with E-state index in [-0.39, 0.29) is 10.2 Å². The van der Waals surface area contributed by atoms with E-state index in [4.69, 9.17) is 11.6 Å². The number of hydrogen-bond donors (Lipinski definition) is 1. The van der Waals surface area contributed by atoms with Crippen LogP contribution >= 0.6 is 22.9 Å². The molecule has 3 nitrogen and oxygen atoms in total. The molecule has 2 rings (SSSR count). The Morgan fingerprint density at radius 3 is 2.90 bits per heavy atom. The number of benzene rings is 1. The first-order chi connectivity index (χ1) is 9.45. The third-order valence-corrected chi connectivity index (χ3v) is 3.59. The van der Waals surface area contributed by atoms with Crippen LogP contribution < -0.4 is 5.32 Å². The Balaban J connectivity index is 2.07. The number of nitrogens with zero attached hydrogens (tertiary/aromatic N) is 1. The summed E-state index contributed by atoms with van der Waals surface area (Å²) in [5, 5.41) is 2.60. The minimum Gasteiger partial charge on any atom is -0.296 e. The first-order valence-electron chi connectivity index (χ1n) is 5.50. The first kappa shape index (κ1) is 14.6. The number of carbonyl (C=O) groups is 1. The summed E-state index contributed by atoms with van der Waals surface area (Å²) in [6, 6.07) is 4.43. The number of halogens is 3. The summed E-state index contributed by atoms with van der Waals surface area (Å²) in [5.41, 5.74) is 0.813. The monoisotopic (exact) mass is 314 g/mol. The minimum atomic E-state index is -1.08. The van der Waals surface area contributed by atoms with Crippen molar-refractivity contribution in [1.82, 2.24) is 4.98 Å². The van der Waals surface area contributed by atoms with Gasteiger partial charge < -0.3 is 0 Å². The number of rotatable bonds is 4. The zero-order valence-electron chi connectivity index (χ0n) is 10.1. The van der Waals surface area contributed by atoms with Crippen molar-refractivity contribution in [1.29, 1.82) is 0 Å². The van der Waals surface area contributed by atoms with Crippen LogP contribution in [0.3, 0.4) is 0 Å². The SMILES string of the molecule is C=C(F)C(=O)Nc1ncc(Cc2ccc(F)c(Cl)c2)s1. The summed E-state index contributed by atoms with van der Waals surface area (Å²) in [4.78, 5) is 15.9. The Bertz CT molecular complexity index is 672. The van der Waals surface area contributed by atoms with Crippen LogP contribution in [0, 0.1) is 5.82 Å². The summed E-state index contributed by atoms with van der Waals surface area (Å²) in [6.07, 6.45) is 2.04. The van der Waals surface area contributed by atoms with E-state index in [0.717, 1.165) is 10.4 Å². The van der Waals surface area contributed by atoms with E-state index in [1.807, 2.05) is 0 Å². The number of hydrogen-bond acceptors (Lipinski definition) is 3. The smallest absolute Gasteiger partial charge is 0.285 e. The predicted molar refractivity (Wildman–Crippen MR) is 75.2 cm³/mol. The Hall–Kier alpha value is -1.79. The molecule has 1 aromatic carbocycles. The standard InChI is InChI=1S/C13H9ClF2N2OS/c1-7(15)12(19)18-13-17-6-9(20-13)4-8-2-3-11(16)10(14)5-8/h2-3,5-6H,1,4H2,(H,17,18,19). The maximum absolute atomic E-state index is 13.0. The minimum absolute atomic E-state index is 0.0502. The van der Waals surface area contributed by atoms with Gasteiger partial charge in [-0.05, 0) is 17.7 Å². The maximum atomic E-state index is 13.0. The van der Waals surface area contributed by atoms with E-state index in [2.05, 4.69) is 16.9 Å². The second kappa shape index (κ2) is 6.11. The highest BCUT2D eigenvalue weighted by Gasteiger charge is 2.10. The zero-order chi connectivity index (χ0) is 14.7. The van der Waals surface area contributed by atoms with Gasteiger partial charge in [0.05, 0.1) is 5.02 Å². The molecule has 0 radical (unpaired) electrons. The molecule has 1 amide bonds. The average Bonchev–Trinajstić information content (AvgIpc) is 2.81. The lowest BCUT2D eigenvalue weighted by atomic mass is 10.1. The normalized spacial score (nSPS) is 10.3. The zero-order valence-corrected chi connectivity index (χ0v) is 11.7. The predicted octanol–water partition coefficient (Wildman–Crippen LogP) is 3.95. The number of nitrogens with one attached hydrogen (secondary N) is 1. The molecule has 0 aliphatic heterocycles. The fraction of sp³-hybridized carbons (Fsp3) is 0.0769. The number of thiazole rings is 1. The van der Waals surface area contributed by atoms with Crippen molar-refractivity contribution in [3.63, 3.8) is 0 Å². The molecule has 1 aromatic heterocycles. The molecule has 0 aliphatic rings. The molecule has 7 heteroatoms. The van der Waals surface area contributed by atoms with Gasteiger partial charge in [-0.2, -0.15) is 0 Å². The molecule has 0 unspecified atom stereocenters.